The second-order valence-electron chi connectivity index (χ2n) is 9.61. The summed E-state index contributed by atoms with van der Waals surface area (Å²) >= 11 is 12.5. The van der Waals surface area contributed by atoms with Gasteiger partial charge >= 0.3 is 0 Å². The zero-order valence-corrected chi connectivity index (χ0v) is 24.0. The molecule has 0 saturated carbocycles. The Bertz CT molecular complexity index is 1350. The Kier molecular flexibility index (Phi) is 9.25. The summed E-state index contributed by atoms with van der Waals surface area (Å²) in [7, 11) is 1.51. The van der Waals surface area contributed by atoms with Crippen molar-refractivity contribution in [3.05, 3.63) is 34.8 Å². The highest BCUT2D eigenvalue weighted by atomic mass is 35.5. The van der Waals surface area contributed by atoms with E-state index in [0.29, 0.717) is 59.5 Å². The highest BCUT2D eigenvalue weighted by Crippen LogP contribution is 2.39. The Morgan fingerprint density at radius 1 is 1.07 bits per heavy atom. The van der Waals surface area contributed by atoms with Crippen LogP contribution in [0.1, 0.15) is 19.8 Å². The average Bonchev–Trinajstić information content (AvgIpc) is 2.95. The molecule has 2 aliphatic heterocycles. The topological polar surface area (TPSA) is 111 Å². The molecule has 1 aromatic carbocycles. The Balaban J connectivity index is 1.39. The van der Waals surface area contributed by atoms with Crippen molar-refractivity contribution >= 4 is 51.5 Å². The van der Waals surface area contributed by atoms with Gasteiger partial charge in [0.25, 0.3) is 0 Å². The van der Waals surface area contributed by atoms with E-state index in [9.17, 15) is 4.79 Å². The van der Waals surface area contributed by atoms with Crippen LogP contribution in [0.4, 0.5) is 11.5 Å². The van der Waals surface area contributed by atoms with Gasteiger partial charge in [-0.25, -0.2) is 15.0 Å². The summed E-state index contributed by atoms with van der Waals surface area (Å²) in [6.07, 6.45) is 3.01. The molecule has 3 aromatic rings. The number of carbonyl (C=O) groups is 1. The maximum absolute atomic E-state index is 11.6. The zero-order valence-electron chi connectivity index (χ0n) is 22.5. The van der Waals surface area contributed by atoms with E-state index in [4.69, 9.17) is 42.1 Å². The number of fused-ring (bicyclic) bond motifs is 1. The summed E-state index contributed by atoms with van der Waals surface area (Å²) in [5.74, 6) is 2.24. The van der Waals surface area contributed by atoms with E-state index in [-0.39, 0.29) is 22.3 Å². The molecule has 2 aromatic heterocycles. The number of carbonyl (C=O) groups excluding carboxylic acids is 1. The van der Waals surface area contributed by atoms with Crippen LogP contribution in [0, 0.1) is 0 Å². The van der Waals surface area contributed by atoms with Crippen LogP contribution in [0.15, 0.2) is 24.5 Å². The molecule has 2 fully saturated rings. The van der Waals surface area contributed by atoms with Crippen LogP contribution in [0.25, 0.3) is 10.9 Å². The van der Waals surface area contributed by atoms with E-state index < -0.39 is 0 Å². The van der Waals surface area contributed by atoms with Gasteiger partial charge in [0.2, 0.25) is 5.91 Å². The molecular weight excluding hydrogens is 559 g/mol. The monoisotopic (exact) mass is 590 g/mol. The summed E-state index contributed by atoms with van der Waals surface area (Å²) < 4.78 is 23.5. The van der Waals surface area contributed by atoms with Crippen molar-refractivity contribution in [2.75, 3.05) is 65.0 Å². The number of halogens is 2. The Hall–Kier alpha value is -3.12. The van der Waals surface area contributed by atoms with Crippen molar-refractivity contribution in [2.45, 2.75) is 25.9 Å². The lowest BCUT2D eigenvalue weighted by molar-refractivity contribution is -0.130. The number of pyridine rings is 1. The highest BCUT2D eigenvalue weighted by molar-refractivity contribution is 6.35. The van der Waals surface area contributed by atoms with Crippen molar-refractivity contribution in [1.29, 1.82) is 0 Å². The minimum absolute atomic E-state index is 0.0151. The highest BCUT2D eigenvalue weighted by Gasteiger charge is 2.22. The standard InChI is InChI=1S/C27H32Cl2N6O5/c1-17(36)35-7-5-34(6-8-35)9-12-39-19-13-20-24(22(14-19)40-18-3-10-38-11-4-18)27(31-16-30-20)32-21-15-23(37-2)26(29)33-25(21)28/h13-16,18H,3-12H2,1-2H3,(H,30,31,32). The average molecular weight is 591 g/mol. The van der Waals surface area contributed by atoms with E-state index >= 15 is 0 Å². The van der Waals surface area contributed by atoms with Crippen LogP contribution in [0.2, 0.25) is 10.3 Å². The third-order valence-corrected chi connectivity index (χ3v) is 7.56. The van der Waals surface area contributed by atoms with Gasteiger partial charge < -0.3 is 29.2 Å². The number of amides is 1. The van der Waals surface area contributed by atoms with E-state index in [2.05, 4.69) is 25.2 Å². The molecule has 2 aliphatic rings. The first-order valence-corrected chi connectivity index (χ1v) is 14.0. The number of hydrogen-bond donors (Lipinski definition) is 1. The molecule has 214 valence electrons. The number of methoxy groups -OCH3 is 1. The number of aromatic nitrogens is 3. The largest absolute Gasteiger partial charge is 0.493 e. The summed E-state index contributed by atoms with van der Waals surface area (Å²) in [5.41, 5.74) is 1.13. The number of hydrogen-bond acceptors (Lipinski definition) is 10. The van der Waals surface area contributed by atoms with Crippen LogP contribution in [0.5, 0.6) is 17.2 Å². The fourth-order valence-electron chi connectivity index (χ4n) is 4.76. The summed E-state index contributed by atoms with van der Waals surface area (Å²) in [6, 6.07) is 5.41. The van der Waals surface area contributed by atoms with Gasteiger partial charge in [-0.1, -0.05) is 23.2 Å². The lowest BCUT2D eigenvalue weighted by Gasteiger charge is -2.34. The minimum atomic E-state index is -0.0151. The number of benzene rings is 1. The van der Waals surface area contributed by atoms with Crippen molar-refractivity contribution < 1.29 is 23.7 Å². The molecule has 0 unspecified atom stereocenters. The van der Waals surface area contributed by atoms with Crippen LogP contribution < -0.4 is 19.5 Å². The summed E-state index contributed by atoms with van der Waals surface area (Å²) in [6.45, 7) is 7.26. The first-order valence-electron chi connectivity index (χ1n) is 13.2. The smallest absolute Gasteiger partial charge is 0.219 e. The number of nitrogens with one attached hydrogen (secondary N) is 1. The van der Waals surface area contributed by atoms with E-state index in [1.165, 1.54) is 13.4 Å². The summed E-state index contributed by atoms with van der Waals surface area (Å²) in [4.78, 5) is 28.9. The third-order valence-electron chi connectivity index (χ3n) is 7.00. The molecule has 0 aliphatic carbocycles. The minimum Gasteiger partial charge on any atom is -0.493 e. The van der Waals surface area contributed by atoms with Gasteiger partial charge in [0.15, 0.2) is 16.1 Å². The molecule has 1 amide bonds. The van der Waals surface area contributed by atoms with Gasteiger partial charge in [0, 0.05) is 70.7 Å². The molecule has 2 saturated heterocycles. The van der Waals surface area contributed by atoms with Gasteiger partial charge in [-0.15, -0.1) is 0 Å². The predicted octanol–water partition coefficient (Wildman–Crippen LogP) is 4.18. The van der Waals surface area contributed by atoms with Crippen LogP contribution in [-0.4, -0.2) is 96.4 Å². The second kappa shape index (κ2) is 13.0. The van der Waals surface area contributed by atoms with Crippen molar-refractivity contribution in [1.82, 2.24) is 24.8 Å². The Labute approximate surface area is 242 Å². The van der Waals surface area contributed by atoms with Crippen LogP contribution in [-0.2, 0) is 9.53 Å². The predicted molar refractivity (Wildman–Crippen MR) is 152 cm³/mol. The SMILES string of the molecule is COc1cc(Nc2ncnc3cc(OCCN4CCN(C(C)=O)CC4)cc(OC4CCOCC4)c23)c(Cl)nc1Cl. The Morgan fingerprint density at radius 3 is 2.58 bits per heavy atom. The number of piperazine rings is 1. The van der Waals surface area contributed by atoms with Crippen molar-refractivity contribution in [2.24, 2.45) is 0 Å². The van der Waals surface area contributed by atoms with Gasteiger partial charge in [-0.2, -0.15) is 0 Å². The first kappa shape index (κ1) is 28.4. The number of anilines is 2. The van der Waals surface area contributed by atoms with E-state index in [1.54, 1.807) is 13.0 Å². The first-order chi connectivity index (χ1) is 19.4. The molecule has 0 bridgehead atoms. The van der Waals surface area contributed by atoms with Crippen molar-refractivity contribution in [3.8, 4) is 17.2 Å². The lowest BCUT2D eigenvalue weighted by atomic mass is 10.1. The van der Waals surface area contributed by atoms with E-state index in [1.807, 2.05) is 17.0 Å². The summed E-state index contributed by atoms with van der Waals surface area (Å²) in [5, 5.41) is 4.27. The quantitative estimate of drug-likeness (QED) is 0.364. The molecule has 1 N–H and O–H groups in total. The van der Waals surface area contributed by atoms with Crippen LogP contribution in [0.3, 0.4) is 0 Å². The number of rotatable bonds is 9. The molecule has 4 heterocycles. The molecule has 0 spiro atoms. The third kappa shape index (κ3) is 6.77. The second-order valence-corrected chi connectivity index (χ2v) is 10.3. The van der Waals surface area contributed by atoms with Gasteiger partial charge in [0.05, 0.1) is 36.9 Å². The molecule has 13 heteroatoms. The van der Waals surface area contributed by atoms with E-state index in [0.717, 1.165) is 45.6 Å². The van der Waals surface area contributed by atoms with Crippen molar-refractivity contribution in [3.63, 3.8) is 0 Å². The van der Waals surface area contributed by atoms with Crippen LogP contribution >= 0.6 is 23.2 Å². The Morgan fingerprint density at radius 2 is 1.85 bits per heavy atom. The lowest BCUT2D eigenvalue weighted by Crippen LogP contribution is -2.48. The maximum Gasteiger partial charge on any atom is 0.219 e. The fourth-order valence-corrected chi connectivity index (χ4v) is 5.21. The molecule has 11 nitrogen and oxygen atoms in total. The zero-order chi connectivity index (χ0) is 28.1. The number of nitrogens with zero attached hydrogens (tertiary/aromatic N) is 5. The maximum atomic E-state index is 11.6. The fraction of sp³-hybridized carbons (Fsp3) is 0.481. The molecule has 0 radical (unpaired) electrons. The molecular formula is C27H32Cl2N6O5. The molecule has 5 rings (SSSR count). The molecule has 0 atom stereocenters. The normalized spacial score (nSPS) is 16.6. The number of ether oxygens (including phenoxy) is 4. The molecule has 40 heavy (non-hydrogen) atoms. The van der Waals surface area contributed by atoms with Gasteiger partial charge in [0.1, 0.15) is 36.4 Å². The van der Waals surface area contributed by atoms with Gasteiger partial charge in [-0.3, -0.25) is 9.69 Å². The van der Waals surface area contributed by atoms with Gasteiger partial charge in [-0.05, 0) is 0 Å².